The van der Waals surface area contributed by atoms with Gasteiger partial charge < -0.3 is 10.6 Å². The van der Waals surface area contributed by atoms with E-state index in [0.717, 1.165) is 0 Å². The number of amides is 3. The Morgan fingerprint density at radius 2 is 1.41 bits per heavy atom. The van der Waals surface area contributed by atoms with Gasteiger partial charge in [0.15, 0.2) is 0 Å². The van der Waals surface area contributed by atoms with E-state index in [1.54, 1.807) is 13.8 Å². The molecule has 7 nitrogen and oxygen atoms in total. The van der Waals surface area contributed by atoms with Gasteiger partial charge in [-0.05, 0) is 6.92 Å². The molecule has 0 unspecified atom stereocenters. The summed E-state index contributed by atoms with van der Waals surface area (Å²) in [6.45, 7) is 4.60. The molecule has 98 valence electrons. The van der Waals surface area contributed by atoms with E-state index in [-0.39, 0.29) is 5.91 Å². The summed E-state index contributed by atoms with van der Waals surface area (Å²) in [5.74, 6) is -2.70. The molecule has 7 heteroatoms. The molecule has 0 aromatic carbocycles. The van der Waals surface area contributed by atoms with E-state index >= 15 is 0 Å². The molecule has 0 aromatic heterocycles. The van der Waals surface area contributed by atoms with Crippen molar-refractivity contribution in [2.24, 2.45) is 11.8 Å². The summed E-state index contributed by atoms with van der Waals surface area (Å²) < 4.78 is 0. The van der Waals surface area contributed by atoms with Crippen molar-refractivity contribution in [1.82, 2.24) is 16.1 Å². The molecule has 0 aromatic rings. The first-order valence-electron chi connectivity index (χ1n) is 5.31. The number of rotatable bonds is 5. The number of hydroxylamine groups is 1. The Labute approximate surface area is 99.9 Å². The van der Waals surface area contributed by atoms with Gasteiger partial charge in [-0.15, -0.1) is 0 Å². The van der Waals surface area contributed by atoms with Crippen molar-refractivity contribution in [3.05, 3.63) is 0 Å². The van der Waals surface area contributed by atoms with Crippen LogP contribution in [-0.4, -0.2) is 36.0 Å². The number of hydrogen-bond acceptors (Lipinski definition) is 4. The minimum absolute atomic E-state index is 0.315. The highest BCUT2D eigenvalue weighted by Gasteiger charge is 2.27. The van der Waals surface area contributed by atoms with E-state index in [2.05, 4.69) is 10.6 Å². The number of carbonyl (C=O) groups is 3. The first kappa shape index (κ1) is 15.4. The molecule has 3 amide bonds. The van der Waals surface area contributed by atoms with Gasteiger partial charge in [-0.2, -0.15) is 0 Å². The monoisotopic (exact) mass is 245 g/mol. The Hall–Kier alpha value is -1.63. The highest BCUT2D eigenvalue weighted by atomic mass is 16.5. The lowest BCUT2D eigenvalue weighted by Gasteiger charge is -2.20. The lowest BCUT2D eigenvalue weighted by molar-refractivity contribution is -0.139. The van der Waals surface area contributed by atoms with Gasteiger partial charge in [0.25, 0.3) is 0 Å². The maximum atomic E-state index is 11.7. The van der Waals surface area contributed by atoms with Crippen molar-refractivity contribution in [2.45, 2.75) is 26.8 Å². The predicted molar refractivity (Wildman–Crippen MR) is 59.9 cm³/mol. The second-order valence-electron chi connectivity index (χ2n) is 3.90. The van der Waals surface area contributed by atoms with E-state index in [1.165, 1.54) is 19.5 Å². The lowest BCUT2D eigenvalue weighted by atomic mass is 9.94. The Morgan fingerprint density at radius 3 is 1.82 bits per heavy atom. The van der Waals surface area contributed by atoms with Crippen molar-refractivity contribution in [1.29, 1.82) is 0 Å². The molecule has 3 atom stereocenters. The van der Waals surface area contributed by atoms with E-state index < -0.39 is 29.7 Å². The zero-order valence-corrected chi connectivity index (χ0v) is 10.4. The Bertz CT molecular complexity index is 306. The fourth-order valence-corrected chi connectivity index (χ4v) is 1.18. The van der Waals surface area contributed by atoms with Gasteiger partial charge in [0.2, 0.25) is 17.7 Å². The molecule has 0 aliphatic carbocycles. The zero-order chi connectivity index (χ0) is 13.6. The summed E-state index contributed by atoms with van der Waals surface area (Å²) in [6, 6.07) is -0.667. The maximum absolute atomic E-state index is 11.7. The van der Waals surface area contributed by atoms with Crippen molar-refractivity contribution >= 4 is 17.7 Å². The van der Waals surface area contributed by atoms with Gasteiger partial charge in [0, 0.05) is 18.9 Å². The minimum Gasteiger partial charge on any atom is -0.357 e. The van der Waals surface area contributed by atoms with Gasteiger partial charge in [-0.1, -0.05) is 13.8 Å². The molecule has 0 heterocycles. The number of hydrogen-bond donors (Lipinski definition) is 4. The molecule has 17 heavy (non-hydrogen) atoms. The number of likely N-dealkylation sites (N-methyl/N-ethyl adjacent to an activating group) is 1. The SMILES string of the molecule is CNC(=O)[C@H](C)NC(=O)[C@@H](C)[C@@H](C)C(=O)NO. The first-order chi connectivity index (χ1) is 7.84. The van der Waals surface area contributed by atoms with Crippen molar-refractivity contribution < 1.29 is 19.6 Å². The molecule has 0 fully saturated rings. The van der Waals surface area contributed by atoms with E-state index in [9.17, 15) is 14.4 Å². The highest BCUT2D eigenvalue weighted by Crippen LogP contribution is 2.11. The molecule has 0 radical (unpaired) electrons. The molecular formula is C10H19N3O4. The van der Waals surface area contributed by atoms with Gasteiger partial charge in [0.05, 0.1) is 0 Å². The summed E-state index contributed by atoms with van der Waals surface area (Å²) in [4.78, 5) is 34.0. The third kappa shape index (κ3) is 4.39. The van der Waals surface area contributed by atoms with Gasteiger partial charge in [0.1, 0.15) is 6.04 Å². The van der Waals surface area contributed by atoms with Crippen LogP contribution in [0.25, 0.3) is 0 Å². The summed E-state index contributed by atoms with van der Waals surface area (Å²) in [5, 5.41) is 13.3. The summed E-state index contributed by atoms with van der Waals surface area (Å²) in [6.07, 6.45) is 0. The van der Waals surface area contributed by atoms with Crippen molar-refractivity contribution in [3.63, 3.8) is 0 Å². The summed E-state index contributed by atoms with van der Waals surface area (Å²) in [5.41, 5.74) is 1.49. The van der Waals surface area contributed by atoms with Crippen LogP contribution in [0.15, 0.2) is 0 Å². The van der Waals surface area contributed by atoms with Crippen LogP contribution >= 0.6 is 0 Å². The highest BCUT2D eigenvalue weighted by molar-refractivity contribution is 5.90. The summed E-state index contributed by atoms with van der Waals surface area (Å²) >= 11 is 0. The van der Waals surface area contributed by atoms with Gasteiger partial charge in [-0.3, -0.25) is 19.6 Å². The average molecular weight is 245 g/mol. The molecular weight excluding hydrogens is 226 g/mol. The van der Waals surface area contributed by atoms with E-state index in [0.29, 0.717) is 0 Å². The molecule has 0 bridgehead atoms. The van der Waals surface area contributed by atoms with Crippen LogP contribution in [0.5, 0.6) is 0 Å². The molecule has 0 aliphatic heterocycles. The number of carbonyl (C=O) groups excluding carboxylic acids is 3. The number of nitrogens with one attached hydrogen (secondary N) is 3. The van der Waals surface area contributed by atoms with Gasteiger partial charge >= 0.3 is 0 Å². The third-order valence-corrected chi connectivity index (χ3v) is 2.69. The van der Waals surface area contributed by atoms with Crippen LogP contribution in [0.4, 0.5) is 0 Å². The fourth-order valence-electron chi connectivity index (χ4n) is 1.18. The second kappa shape index (κ2) is 6.85. The molecule has 0 rings (SSSR count). The molecule has 0 aliphatic rings. The van der Waals surface area contributed by atoms with Crippen molar-refractivity contribution in [2.75, 3.05) is 7.05 Å². The Kier molecular flexibility index (Phi) is 6.19. The Morgan fingerprint density at radius 1 is 0.941 bits per heavy atom. The van der Waals surface area contributed by atoms with E-state index in [4.69, 9.17) is 5.21 Å². The predicted octanol–water partition coefficient (Wildman–Crippen LogP) is -0.985. The minimum atomic E-state index is -0.683. The zero-order valence-electron chi connectivity index (χ0n) is 10.4. The standard InChI is InChI=1S/C10H19N3O4/c1-5(6(2)9(15)13-17)8(14)12-7(3)10(16)11-4/h5-7,17H,1-4H3,(H,11,16)(H,12,14)(H,13,15)/t5-,6+,7-/m0/s1. The first-order valence-corrected chi connectivity index (χ1v) is 5.31. The fraction of sp³-hybridized carbons (Fsp3) is 0.700. The quantitative estimate of drug-likeness (QED) is 0.368. The van der Waals surface area contributed by atoms with Crippen LogP contribution in [-0.2, 0) is 14.4 Å². The molecule has 0 spiro atoms. The van der Waals surface area contributed by atoms with Crippen LogP contribution in [0, 0.1) is 11.8 Å². The maximum Gasteiger partial charge on any atom is 0.246 e. The van der Waals surface area contributed by atoms with Crippen LogP contribution in [0.2, 0.25) is 0 Å². The topological polar surface area (TPSA) is 108 Å². The molecule has 0 saturated heterocycles. The molecule has 0 saturated carbocycles. The van der Waals surface area contributed by atoms with Crippen LogP contribution < -0.4 is 16.1 Å². The Balaban J connectivity index is 4.41. The summed E-state index contributed by atoms with van der Waals surface area (Å²) in [7, 11) is 1.47. The van der Waals surface area contributed by atoms with E-state index in [1.807, 2.05) is 0 Å². The average Bonchev–Trinajstić information content (AvgIpc) is 2.34. The normalized spacial score (nSPS) is 15.4. The smallest absolute Gasteiger partial charge is 0.246 e. The van der Waals surface area contributed by atoms with Crippen LogP contribution in [0.1, 0.15) is 20.8 Å². The second-order valence-corrected chi connectivity index (χ2v) is 3.90. The van der Waals surface area contributed by atoms with Crippen molar-refractivity contribution in [3.8, 4) is 0 Å². The third-order valence-electron chi connectivity index (χ3n) is 2.69. The van der Waals surface area contributed by atoms with Gasteiger partial charge in [-0.25, -0.2) is 5.48 Å². The van der Waals surface area contributed by atoms with Crippen LogP contribution in [0.3, 0.4) is 0 Å². The molecule has 4 N–H and O–H groups in total. The lowest BCUT2D eigenvalue weighted by Crippen LogP contribution is -2.47. The largest absolute Gasteiger partial charge is 0.357 e.